The lowest BCUT2D eigenvalue weighted by molar-refractivity contribution is 0.0740. The van der Waals surface area contributed by atoms with E-state index in [1.807, 2.05) is 42.5 Å². The number of amides is 1. The second kappa shape index (κ2) is 8.00. The number of aromatic nitrogens is 3. The fourth-order valence-electron chi connectivity index (χ4n) is 3.13. The number of hydrogen-bond donors (Lipinski definition) is 1. The Balaban J connectivity index is 1.61. The van der Waals surface area contributed by atoms with Crippen molar-refractivity contribution in [3.05, 3.63) is 95.7 Å². The first-order valence-electron chi connectivity index (χ1n) is 9.07. The van der Waals surface area contributed by atoms with E-state index in [0.717, 1.165) is 22.2 Å². The monoisotopic (exact) mass is 374 g/mol. The van der Waals surface area contributed by atoms with Gasteiger partial charge in [-0.15, -0.1) is 0 Å². The van der Waals surface area contributed by atoms with Crippen LogP contribution in [0.25, 0.3) is 10.9 Å². The van der Waals surface area contributed by atoms with Crippen LogP contribution >= 0.6 is 0 Å². The maximum Gasteiger partial charge on any atom is 0.275 e. The standard InChI is InChI=1S/C22H19FN4O/c23-17-10-8-16(9-11-17)15-27(14-12-18-5-3-4-13-24-18)22(28)21-19-6-1-2-7-20(19)25-26-21/h1-11,13H,12,14-15H2,(H,25,26). The Hall–Kier alpha value is -3.54. The van der Waals surface area contributed by atoms with Crippen LogP contribution < -0.4 is 0 Å². The van der Waals surface area contributed by atoms with E-state index in [-0.39, 0.29) is 11.7 Å². The molecule has 0 aliphatic rings. The molecule has 6 heteroatoms. The highest BCUT2D eigenvalue weighted by molar-refractivity contribution is 6.04. The molecule has 4 aromatic rings. The Morgan fingerprint density at radius 3 is 2.57 bits per heavy atom. The number of benzene rings is 2. The maximum absolute atomic E-state index is 13.3. The molecule has 2 heterocycles. The van der Waals surface area contributed by atoms with Crippen LogP contribution in [-0.2, 0) is 13.0 Å². The van der Waals surface area contributed by atoms with Crippen LogP contribution in [-0.4, -0.2) is 32.5 Å². The molecule has 0 unspecified atom stereocenters. The van der Waals surface area contributed by atoms with E-state index in [1.165, 1.54) is 12.1 Å². The summed E-state index contributed by atoms with van der Waals surface area (Å²) >= 11 is 0. The zero-order valence-corrected chi connectivity index (χ0v) is 15.2. The number of nitrogens with one attached hydrogen (secondary N) is 1. The highest BCUT2D eigenvalue weighted by Gasteiger charge is 2.21. The van der Waals surface area contributed by atoms with Gasteiger partial charge in [-0.2, -0.15) is 5.10 Å². The second-order valence-electron chi connectivity index (χ2n) is 6.54. The minimum Gasteiger partial charge on any atom is -0.333 e. The third kappa shape index (κ3) is 3.91. The minimum absolute atomic E-state index is 0.169. The first kappa shape index (κ1) is 17.9. The molecule has 2 aromatic heterocycles. The van der Waals surface area contributed by atoms with Crippen LogP contribution in [0.4, 0.5) is 4.39 Å². The predicted octanol–water partition coefficient (Wildman–Crippen LogP) is 3.98. The largest absolute Gasteiger partial charge is 0.333 e. The van der Waals surface area contributed by atoms with E-state index in [0.29, 0.717) is 25.2 Å². The van der Waals surface area contributed by atoms with E-state index < -0.39 is 0 Å². The quantitative estimate of drug-likeness (QED) is 0.555. The normalized spacial score (nSPS) is 10.9. The van der Waals surface area contributed by atoms with Gasteiger partial charge in [0.1, 0.15) is 5.82 Å². The van der Waals surface area contributed by atoms with Crippen molar-refractivity contribution < 1.29 is 9.18 Å². The van der Waals surface area contributed by atoms with Gasteiger partial charge < -0.3 is 4.90 Å². The molecule has 0 spiro atoms. The van der Waals surface area contributed by atoms with Gasteiger partial charge in [0.2, 0.25) is 0 Å². The van der Waals surface area contributed by atoms with Crippen molar-refractivity contribution in [3.8, 4) is 0 Å². The third-order valence-corrected chi connectivity index (χ3v) is 4.61. The lowest BCUT2D eigenvalue weighted by atomic mass is 10.1. The summed E-state index contributed by atoms with van der Waals surface area (Å²) in [7, 11) is 0. The molecule has 0 fully saturated rings. The number of nitrogens with zero attached hydrogens (tertiary/aromatic N) is 3. The second-order valence-corrected chi connectivity index (χ2v) is 6.54. The number of fused-ring (bicyclic) bond motifs is 1. The molecule has 0 atom stereocenters. The highest BCUT2D eigenvalue weighted by Crippen LogP contribution is 2.18. The number of carbonyl (C=O) groups is 1. The average Bonchev–Trinajstić information content (AvgIpc) is 3.17. The van der Waals surface area contributed by atoms with Gasteiger partial charge >= 0.3 is 0 Å². The zero-order valence-electron chi connectivity index (χ0n) is 15.2. The first-order chi connectivity index (χ1) is 13.7. The van der Waals surface area contributed by atoms with E-state index in [1.54, 1.807) is 23.2 Å². The molecular weight excluding hydrogens is 355 g/mol. The fourth-order valence-corrected chi connectivity index (χ4v) is 3.13. The number of H-pyrrole nitrogens is 1. The van der Waals surface area contributed by atoms with Gasteiger partial charge in [-0.3, -0.25) is 14.9 Å². The van der Waals surface area contributed by atoms with Gasteiger partial charge in [-0.25, -0.2) is 4.39 Å². The number of hydrogen-bond acceptors (Lipinski definition) is 3. The van der Waals surface area contributed by atoms with E-state index in [9.17, 15) is 9.18 Å². The van der Waals surface area contributed by atoms with Gasteiger partial charge in [0.05, 0.1) is 5.52 Å². The SMILES string of the molecule is O=C(c1n[nH]c2ccccc12)N(CCc1ccccn1)Cc1ccc(F)cc1. The molecule has 0 bridgehead atoms. The number of rotatable bonds is 6. The van der Waals surface area contributed by atoms with E-state index in [4.69, 9.17) is 0 Å². The van der Waals surface area contributed by atoms with Crippen molar-refractivity contribution in [1.29, 1.82) is 0 Å². The predicted molar refractivity (Wildman–Crippen MR) is 105 cm³/mol. The number of para-hydroxylation sites is 1. The number of halogens is 1. The van der Waals surface area contributed by atoms with Gasteiger partial charge in [-0.05, 0) is 35.9 Å². The molecule has 4 rings (SSSR count). The Bertz CT molecular complexity index is 1080. The van der Waals surface area contributed by atoms with Crippen molar-refractivity contribution in [2.45, 2.75) is 13.0 Å². The molecule has 0 saturated heterocycles. The Morgan fingerprint density at radius 1 is 1.00 bits per heavy atom. The third-order valence-electron chi connectivity index (χ3n) is 4.61. The Morgan fingerprint density at radius 2 is 1.79 bits per heavy atom. The minimum atomic E-state index is -0.298. The fraction of sp³-hybridized carbons (Fsp3) is 0.136. The zero-order chi connectivity index (χ0) is 19.3. The molecule has 140 valence electrons. The number of carbonyl (C=O) groups excluding carboxylic acids is 1. The van der Waals surface area contributed by atoms with Crippen molar-refractivity contribution >= 4 is 16.8 Å². The van der Waals surface area contributed by atoms with Gasteiger partial charge in [0, 0.05) is 36.8 Å². The van der Waals surface area contributed by atoms with Crippen molar-refractivity contribution in [2.24, 2.45) is 0 Å². The van der Waals surface area contributed by atoms with E-state index in [2.05, 4.69) is 15.2 Å². The van der Waals surface area contributed by atoms with Crippen LogP contribution in [0.1, 0.15) is 21.7 Å². The van der Waals surface area contributed by atoms with Crippen LogP contribution in [0.5, 0.6) is 0 Å². The first-order valence-corrected chi connectivity index (χ1v) is 9.07. The summed E-state index contributed by atoms with van der Waals surface area (Å²) in [4.78, 5) is 19.3. The van der Waals surface area contributed by atoms with Crippen LogP contribution in [0.3, 0.4) is 0 Å². The maximum atomic E-state index is 13.3. The molecule has 2 aromatic carbocycles. The summed E-state index contributed by atoms with van der Waals surface area (Å²) in [5.41, 5.74) is 2.97. The molecule has 1 N–H and O–H groups in total. The summed E-state index contributed by atoms with van der Waals surface area (Å²) in [5.74, 6) is -0.467. The molecule has 1 amide bonds. The summed E-state index contributed by atoms with van der Waals surface area (Å²) < 4.78 is 13.2. The van der Waals surface area contributed by atoms with Crippen molar-refractivity contribution in [1.82, 2.24) is 20.1 Å². The molecule has 0 aliphatic heterocycles. The number of pyridine rings is 1. The topological polar surface area (TPSA) is 61.9 Å². The lowest BCUT2D eigenvalue weighted by Crippen LogP contribution is -2.33. The molecule has 0 aliphatic carbocycles. The van der Waals surface area contributed by atoms with Crippen LogP contribution in [0.15, 0.2) is 72.9 Å². The number of aromatic amines is 1. The van der Waals surface area contributed by atoms with Gasteiger partial charge in [0.25, 0.3) is 5.91 Å². The van der Waals surface area contributed by atoms with Gasteiger partial charge in [0.15, 0.2) is 5.69 Å². The molecular formula is C22H19FN4O. The smallest absolute Gasteiger partial charge is 0.275 e. The van der Waals surface area contributed by atoms with Crippen LogP contribution in [0.2, 0.25) is 0 Å². The molecule has 28 heavy (non-hydrogen) atoms. The summed E-state index contributed by atoms with van der Waals surface area (Å²) in [5, 5.41) is 7.93. The molecule has 0 saturated carbocycles. The summed E-state index contributed by atoms with van der Waals surface area (Å²) in [6.07, 6.45) is 2.36. The average molecular weight is 374 g/mol. The lowest BCUT2D eigenvalue weighted by Gasteiger charge is -2.22. The highest BCUT2D eigenvalue weighted by atomic mass is 19.1. The molecule has 5 nitrogen and oxygen atoms in total. The summed E-state index contributed by atoms with van der Waals surface area (Å²) in [6, 6.07) is 19.5. The van der Waals surface area contributed by atoms with Crippen molar-refractivity contribution in [2.75, 3.05) is 6.54 Å². The molecule has 0 radical (unpaired) electrons. The van der Waals surface area contributed by atoms with Crippen molar-refractivity contribution in [3.63, 3.8) is 0 Å². The van der Waals surface area contributed by atoms with Gasteiger partial charge in [-0.1, -0.05) is 36.4 Å². The Labute approximate surface area is 161 Å². The van der Waals surface area contributed by atoms with E-state index >= 15 is 0 Å². The Kier molecular flexibility index (Phi) is 5.10. The summed E-state index contributed by atoms with van der Waals surface area (Å²) in [6.45, 7) is 0.849. The van der Waals surface area contributed by atoms with Crippen LogP contribution in [0, 0.1) is 5.82 Å².